The lowest BCUT2D eigenvalue weighted by Crippen LogP contribution is -2.40. The molecule has 0 aromatic heterocycles. The van der Waals surface area contributed by atoms with Gasteiger partial charge >= 0.3 is 0 Å². The Balaban J connectivity index is 2.12. The van der Waals surface area contributed by atoms with Crippen LogP contribution in [-0.4, -0.2) is 17.4 Å². The Kier molecular flexibility index (Phi) is 0.861. The fourth-order valence-electron chi connectivity index (χ4n) is 3.42. The molecule has 2 nitrogen and oxygen atoms in total. The highest BCUT2D eigenvalue weighted by atomic mass is 16.1. The number of hydrogen-bond donors (Lipinski definition) is 1. The van der Waals surface area contributed by atoms with Crippen molar-refractivity contribution in [3.63, 3.8) is 0 Å². The van der Waals surface area contributed by atoms with Crippen molar-refractivity contribution in [2.45, 2.75) is 37.8 Å². The van der Waals surface area contributed by atoms with Crippen LogP contribution >= 0.6 is 0 Å². The van der Waals surface area contributed by atoms with E-state index in [0.717, 1.165) is 12.8 Å². The number of hydrogen-bond acceptors (Lipinski definition) is 2. The molecular formula is C9H13NO. The number of ketones is 1. The fourth-order valence-corrected chi connectivity index (χ4v) is 3.42. The van der Waals surface area contributed by atoms with Crippen LogP contribution in [0.1, 0.15) is 26.2 Å². The van der Waals surface area contributed by atoms with E-state index in [4.69, 9.17) is 0 Å². The van der Waals surface area contributed by atoms with Gasteiger partial charge in [0.1, 0.15) is 5.78 Å². The van der Waals surface area contributed by atoms with Gasteiger partial charge in [-0.2, -0.15) is 0 Å². The third-order valence-electron chi connectivity index (χ3n) is 4.01. The summed E-state index contributed by atoms with van der Waals surface area (Å²) in [7, 11) is 0. The van der Waals surface area contributed by atoms with Gasteiger partial charge in [-0.15, -0.1) is 0 Å². The van der Waals surface area contributed by atoms with Crippen LogP contribution in [0.5, 0.6) is 0 Å². The van der Waals surface area contributed by atoms with Gasteiger partial charge in [0.2, 0.25) is 0 Å². The van der Waals surface area contributed by atoms with Crippen molar-refractivity contribution in [2.24, 2.45) is 11.8 Å². The van der Waals surface area contributed by atoms with Gasteiger partial charge in [-0.05, 0) is 25.7 Å². The second-order valence-corrected chi connectivity index (χ2v) is 4.52. The second kappa shape index (κ2) is 1.53. The van der Waals surface area contributed by atoms with Crippen LogP contribution in [0.2, 0.25) is 0 Å². The molecule has 2 heteroatoms. The summed E-state index contributed by atoms with van der Waals surface area (Å²) in [4.78, 5) is 11.5. The molecule has 2 saturated heterocycles. The van der Waals surface area contributed by atoms with E-state index >= 15 is 0 Å². The zero-order chi connectivity index (χ0) is 7.64. The summed E-state index contributed by atoms with van der Waals surface area (Å²) in [6, 6.07) is 0.668. The van der Waals surface area contributed by atoms with E-state index in [9.17, 15) is 4.79 Å². The minimum absolute atomic E-state index is 0.210. The van der Waals surface area contributed by atoms with Crippen molar-refractivity contribution >= 4 is 5.78 Å². The van der Waals surface area contributed by atoms with Gasteiger partial charge in [0.15, 0.2) is 0 Å². The van der Waals surface area contributed by atoms with Crippen LogP contribution in [0.25, 0.3) is 0 Å². The van der Waals surface area contributed by atoms with Crippen LogP contribution < -0.4 is 5.32 Å². The van der Waals surface area contributed by atoms with Gasteiger partial charge in [0.25, 0.3) is 0 Å². The second-order valence-electron chi connectivity index (χ2n) is 4.52. The predicted molar refractivity (Wildman–Crippen MR) is 41.2 cm³/mol. The van der Waals surface area contributed by atoms with Gasteiger partial charge < -0.3 is 5.32 Å². The largest absolute Gasteiger partial charge is 0.308 e. The van der Waals surface area contributed by atoms with Gasteiger partial charge in [0, 0.05) is 23.9 Å². The van der Waals surface area contributed by atoms with Crippen molar-refractivity contribution < 1.29 is 4.79 Å². The Hall–Kier alpha value is -0.370. The smallest absolute Gasteiger partial charge is 0.138 e. The molecule has 0 radical (unpaired) electrons. The topological polar surface area (TPSA) is 29.1 Å². The Morgan fingerprint density at radius 3 is 2.91 bits per heavy atom. The number of fused-ring (bicyclic) bond motifs is 1. The molecule has 3 aliphatic rings. The standard InChI is InChI=1S/C9H13NO/c1-9-5-2-6(10-9)4-7(9)8(11)3-5/h5-7,10H,2-4H2,1H3. The highest BCUT2D eigenvalue weighted by molar-refractivity contribution is 5.86. The van der Waals surface area contributed by atoms with E-state index in [1.54, 1.807) is 0 Å². The average Bonchev–Trinajstić information content (AvgIpc) is 2.39. The zero-order valence-corrected chi connectivity index (χ0v) is 6.76. The summed E-state index contributed by atoms with van der Waals surface area (Å²) in [5.41, 5.74) is 0.210. The molecule has 4 unspecified atom stereocenters. The van der Waals surface area contributed by atoms with Crippen molar-refractivity contribution in [3.05, 3.63) is 0 Å². The van der Waals surface area contributed by atoms with E-state index in [1.807, 2.05) is 0 Å². The number of Topliss-reactive ketones (excluding diaryl/α,β-unsaturated/α-hetero) is 1. The molecule has 1 saturated carbocycles. The van der Waals surface area contributed by atoms with Crippen molar-refractivity contribution in [2.75, 3.05) is 0 Å². The summed E-state index contributed by atoms with van der Waals surface area (Å²) in [5.74, 6) is 1.55. The Morgan fingerprint density at radius 2 is 2.36 bits per heavy atom. The number of rotatable bonds is 0. The number of nitrogens with one attached hydrogen (secondary N) is 1. The van der Waals surface area contributed by atoms with E-state index < -0.39 is 0 Å². The Bertz CT molecular complexity index is 238. The zero-order valence-electron chi connectivity index (χ0n) is 6.76. The lowest BCUT2D eigenvalue weighted by Gasteiger charge is -2.26. The molecule has 2 aliphatic heterocycles. The summed E-state index contributed by atoms with van der Waals surface area (Å²) in [6.45, 7) is 2.24. The van der Waals surface area contributed by atoms with Gasteiger partial charge in [-0.3, -0.25) is 4.79 Å². The first kappa shape index (κ1) is 6.18. The van der Waals surface area contributed by atoms with Crippen LogP contribution in [0.3, 0.4) is 0 Å². The third-order valence-corrected chi connectivity index (χ3v) is 4.01. The molecule has 60 valence electrons. The quantitative estimate of drug-likeness (QED) is 0.552. The molecule has 1 N–H and O–H groups in total. The molecule has 1 aliphatic carbocycles. The van der Waals surface area contributed by atoms with Crippen molar-refractivity contribution in [3.8, 4) is 0 Å². The van der Waals surface area contributed by atoms with Crippen LogP contribution in [-0.2, 0) is 4.79 Å². The number of carbonyl (C=O) groups excluding carboxylic acids is 1. The highest BCUT2D eigenvalue weighted by Crippen LogP contribution is 2.53. The normalized spacial score (nSPS) is 59.4. The van der Waals surface area contributed by atoms with Crippen LogP contribution in [0.4, 0.5) is 0 Å². The Labute approximate surface area is 66.4 Å². The van der Waals surface area contributed by atoms with E-state index in [2.05, 4.69) is 12.2 Å². The minimum atomic E-state index is 0.210. The van der Waals surface area contributed by atoms with Crippen molar-refractivity contribution in [1.29, 1.82) is 0 Å². The average molecular weight is 151 g/mol. The lowest BCUT2D eigenvalue weighted by molar-refractivity contribution is -0.121. The van der Waals surface area contributed by atoms with E-state index in [1.165, 1.54) is 6.42 Å². The summed E-state index contributed by atoms with van der Waals surface area (Å²) in [6.07, 6.45) is 3.22. The fraction of sp³-hybridized carbons (Fsp3) is 0.889. The van der Waals surface area contributed by atoms with E-state index in [-0.39, 0.29) is 5.54 Å². The molecule has 3 fully saturated rings. The maximum Gasteiger partial charge on any atom is 0.138 e. The molecule has 0 aromatic rings. The summed E-state index contributed by atoms with van der Waals surface area (Å²) >= 11 is 0. The Morgan fingerprint density at radius 1 is 1.55 bits per heavy atom. The summed E-state index contributed by atoms with van der Waals surface area (Å²) in [5, 5.41) is 3.58. The molecule has 2 heterocycles. The molecule has 2 bridgehead atoms. The highest BCUT2D eigenvalue weighted by Gasteiger charge is 2.61. The molecule has 0 aromatic carbocycles. The first-order valence-electron chi connectivity index (χ1n) is 4.50. The molecule has 0 amide bonds. The molecule has 0 spiro atoms. The van der Waals surface area contributed by atoms with E-state index in [0.29, 0.717) is 23.7 Å². The SMILES string of the molecule is CC12NC3CC1CC(=O)C2C3. The van der Waals surface area contributed by atoms with Gasteiger partial charge in [-0.1, -0.05) is 0 Å². The van der Waals surface area contributed by atoms with Gasteiger partial charge in [0.05, 0.1) is 0 Å². The first-order chi connectivity index (χ1) is 5.20. The van der Waals surface area contributed by atoms with Gasteiger partial charge in [-0.25, -0.2) is 0 Å². The maximum absolute atomic E-state index is 11.5. The minimum Gasteiger partial charge on any atom is -0.308 e. The third kappa shape index (κ3) is 0.527. The lowest BCUT2D eigenvalue weighted by atomic mass is 9.79. The first-order valence-corrected chi connectivity index (χ1v) is 4.50. The molecule has 4 atom stereocenters. The molecule has 11 heavy (non-hydrogen) atoms. The molecule has 3 rings (SSSR count). The maximum atomic E-state index is 11.5. The molecular weight excluding hydrogens is 138 g/mol. The predicted octanol–water partition coefficient (Wildman–Crippen LogP) is 0.716. The van der Waals surface area contributed by atoms with Crippen LogP contribution in [0, 0.1) is 11.8 Å². The summed E-state index contributed by atoms with van der Waals surface area (Å²) < 4.78 is 0. The number of carbonyl (C=O) groups is 1. The van der Waals surface area contributed by atoms with Crippen LogP contribution in [0.15, 0.2) is 0 Å². The monoisotopic (exact) mass is 151 g/mol. The van der Waals surface area contributed by atoms with Crippen molar-refractivity contribution in [1.82, 2.24) is 5.32 Å².